The Kier molecular flexibility index (Phi) is 3.17. The molecule has 1 aliphatic heterocycles. The minimum absolute atomic E-state index is 0.445. The maximum absolute atomic E-state index is 8.42. The smallest absolute Gasteiger partial charge is 0.0874 e. The van der Waals surface area contributed by atoms with Crippen molar-refractivity contribution < 1.29 is 0 Å². The highest BCUT2D eigenvalue weighted by Crippen LogP contribution is 2.20. The Bertz CT molecular complexity index is 141. The monoisotopic (exact) mass is 202 g/mol. The van der Waals surface area contributed by atoms with Crippen LogP contribution in [0, 0.1) is 11.3 Å². The number of hydrogen-bond donors (Lipinski definition) is 0. The van der Waals surface area contributed by atoms with Gasteiger partial charge in [-0.2, -0.15) is 5.26 Å². The molecule has 0 radical (unpaired) electrons. The number of hydrogen-bond acceptors (Lipinski definition) is 2. The van der Waals surface area contributed by atoms with Crippen molar-refractivity contribution in [3.63, 3.8) is 0 Å². The highest BCUT2D eigenvalue weighted by Gasteiger charge is 2.18. The molecule has 1 unspecified atom stereocenters. The summed E-state index contributed by atoms with van der Waals surface area (Å²) < 4.78 is 0. The molecule has 0 amide bonds. The summed E-state index contributed by atoms with van der Waals surface area (Å²) >= 11 is 3.53. The van der Waals surface area contributed by atoms with Gasteiger partial charge in [-0.25, -0.2) is 0 Å². The molecule has 1 fully saturated rings. The third-order valence-corrected chi connectivity index (χ3v) is 2.84. The lowest BCUT2D eigenvalue weighted by Crippen LogP contribution is -2.35. The van der Waals surface area contributed by atoms with Gasteiger partial charge in [0, 0.05) is 6.54 Å². The van der Waals surface area contributed by atoms with E-state index in [0.717, 1.165) is 6.54 Å². The molecule has 0 aliphatic carbocycles. The van der Waals surface area contributed by atoms with Crippen molar-refractivity contribution in [2.24, 2.45) is 0 Å². The number of likely N-dealkylation sites (tertiary alicyclic amines) is 1. The van der Waals surface area contributed by atoms with Gasteiger partial charge < -0.3 is 0 Å². The highest BCUT2D eigenvalue weighted by molar-refractivity contribution is 9.09. The van der Waals surface area contributed by atoms with Crippen LogP contribution >= 0.6 is 15.9 Å². The summed E-state index contributed by atoms with van der Waals surface area (Å²) in [6.07, 6.45) is 3.71. The van der Waals surface area contributed by atoms with Gasteiger partial charge in [-0.3, -0.25) is 4.90 Å². The fourth-order valence-electron chi connectivity index (χ4n) is 1.22. The number of halogens is 1. The Morgan fingerprint density at radius 2 is 2.40 bits per heavy atom. The summed E-state index contributed by atoms with van der Waals surface area (Å²) in [5, 5.41) is 8.42. The first kappa shape index (κ1) is 8.03. The first-order valence-electron chi connectivity index (χ1n) is 3.59. The number of alkyl halides is 1. The summed E-state index contributed by atoms with van der Waals surface area (Å²) in [6.45, 7) is 1.64. The normalized spacial score (nSPS) is 27.8. The van der Waals surface area contributed by atoms with Gasteiger partial charge in [-0.15, -0.1) is 0 Å². The van der Waals surface area contributed by atoms with Crippen molar-refractivity contribution >= 4 is 15.9 Å². The van der Waals surface area contributed by atoms with Gasteiger partial charge in [0.25, 0.3) is 0 Å². The van der Waals surface area contributed by atoms with Crippen molar-refractivity contribution in [1.82, 2.24) is 4.90 Å². The molecule has 1 saturated heterocycles. The van der Waals surface area contributed by atoms with E-state index in [2.05, 4.69) is 26.9 Å². The van der Waals surface area contributed by atoms with Crippen molar-refractivity contribution in [2.75, 3.05) is 13.1 Å². The van der Waals surface area contributed by atoms with E-state index in [4.69, 9.17) is 5.26 Å². The van der Waals surface area contributed by atoms with E-state index in [0.29, 0.717) is 11.5 Å². The topological polar surface area (TPSA) is 27.0 Å². The van der Waals surface area contributed by atoms with Gasteiger partial charge in [-0.1, -0.05) is 15.9 Å². The molecule has 0 N–H and O–H groups in total. The van der Waals surface area contributed by atoms with Gasteiger partial charge in [0.1, 0.15) is 0 Å². The van der Waals surface area contributed by atoms with Crippen molar-refractivity contribution in [3.8, 4) is 6.07 Å². The lowest BCUT2D eigenvalue weighted by atomic mass is 10.1. The van der Waals surface area contributed by atoms with Gasteiger partial charge in [-0.05, 0) is 19.3 Å². The maximum atomic E-state index is 8.42. The molecule has 0 aromatic carbocycles. The Hall–Kier alpha value is -0.0700. The van der Waals surface area contributed by atoms with Gasteiger partial charge in [0.05, 0.1) is 17.6 Å². The van der Waals surface area contributed by atoms with E-state index in [9.17, 15) is 0 Å². The molecule has 1 aliphatic rings. The third kappa shape index (κ3) is 1.96. The minimum Gasteiger partial charge on any atom is -0.278 e. The van der Waals surface area contributed by atoms with Crippen molar-refractivity contribution in [3.05, 3.63) is 0 Å². The zero-order valence-electron chi connectivity index (χ0n) is 5.89. The number of rotatable bonds is 1. The number of piperidine rings is 1. The zero-order valence-corrected chi connectivity index (χ0v) is 7.47. The Morgan fingerprint density at radius 3 is 3.00 bits per heavy atom. The van der Waals surface area contributed by atoms with Crippen LogP contribution in [0.25, 0.3) is 0 Å². The van der Waals surface area contributed by atoms with Crippen LogP contribution in [0.15, 0.2) is 0 Å². The van der Waals surface area contributed by atoms with E-state index in [1.807, 2.05) is 0 Å². The van der Waals surface area contributed by atoms with E-state index in [1.165, 1.54) is 19.3 Å². The van der Waals surface area contributed by atoms with Crippen LogP contribution in [-0.2, 0) is 0 Å². The Morgan fingerprint density at radius 1 is 1.60 bits per heavy atom. The molecule has 3 heteroatoms. The van der Waals surface area contributed by atoms with Crippen LogP contribution in [0.4, 0.5) is 0 Å². The molecule has 0 bridgehead atoms. The van der Waals surface area contributed by atoms with Gasteiger partial charge in [0.15, 0.2) is 0 Å². The number of nitrogens with zero attached hydrogens (tertiary/aromatic N) is 2. The highest BCUT2D eigenvalue weighted by atomic mass is 79.9. The van der Waals surface area contributed by atoms with E-state index < -0.39 is 0 Å². The maximum Gasteiger partial charge on any atom is 0.0874 e. The van der Waals surface area contributed by atoms with Crippen LogP contribution < -0.4 is 0 Å². The summed E-state index contributed by atoms with van der Waals surface area (Å²) in [5.41, 5.74) is 0. The Balaban J connectivity index is 2.34. The summed E-state index contributed by atoms with van der Waals surface area (Å²) in [7, 11) is 0. The zero-order chi connectivity index (χ0) is 7.40. The third-order valence-electron chi connectivity index (χ3n) is 1.81. The minimum atomic E-state index is 0.445. The average molecular weight is 203 g/mol. The molecule has 1 heterocycles. The summed E-state index contributed by atoms with van der Waals surface area (Å²) in [5.74, 6) is 0. The molecule has 1 atom stereocenters. The molecule has 56 valence electrons. The van der Waals surface area contributed by atoms with Crippen LogP contribution in [0.5, 0.6) is 0 Å². The molecule has 0 aromatic rings. The quantitative estimate of drug-likeness (QED) is 0.368. The second-order valence-electron chi connectivity index (χ2n) is 2.56. The van der Waals surface area contributed by atoms with Crippen LogP contribution in [0.3, 0.4) is 0 Å². The molecule has 1 rings (SSSR count). The molecule has 2 nitrogen and oxygen atoms in total. The summed E-state index contributed by atoms with van der Waals surface area (Å²) in [6, 6.07) is 2.16. The van der Waals surface area contributed by atoms with Crippen LogP contribution in [0.2, 0.25) is 0 Å². The second-order valence-corrected chi connectivity index (χ2v) is 3.62. The fourth-order valence-corrected chi connectivity index (χ4v) is 1.89. The largest absolute Gasteiger partial charge is 0.278 e. The molecule has 0 aromatic heterocycles. The lowest BCUT2D eigenvalue weighted by Gasteiger charge is -2.29. The second kappa shape index (κ2) is 3.95. The molecule has 0 saturated carbocycles. The van der Waals surface area contributed by atoms with Crippen LogP contribution in [-0.4, -0.2) is 22.9 Å². The van der Waals surface area contributed by atoms with Gasteiger partial charge >= 0.3 is 0 Å². The van der Waals surface area contributed by atoms with Crippen molar-refractivity contribution in [1.29, 1.82) is 5.26 Å². The average Bonchev–Trinajstić information content (AvgIpc) is 1.94. The van der Waals surface area contributed by atoms with E-state index >= 15 is 0 Å². The van der Waals surface area contributed by atoms with E-state index in [-0.39, 0.29) is 0 Å². The predicted molar refractivity (Wildman–Crippen MR) is 43.8 cm³/mol. The first-order chi connectivity index (χ1) is 4.84. The van der Waals surface area contributed by atoms with Gasteiger partial charge in [0.2, 0.25) is 0 Å². The lowest BCUT2D eigenvalue weighted by molar-refractivity contribution is 0.234. The Labute approximate surface area is 69.9 Å². The predicted octanol–water partition coefficient (Wildman–Crippen LogP) is 1.72. The SMILES string of the molecule is N#CCN1CCCCC1Br. The first-order valence-corrected chi connectivity index (χ1v) is 4.51. The van der Waals surface area contributed by atoms with E-state index in [1.54, 1.807) is 0 Å². The standard InChI is InChI=1S/C7H11BrN2/c8-7-3-1-2-5-10(7)6-4-9/h7H,1-3,5-6H2. The van der Waals surface area contributed by atoms with Crippen LogP contribution in [0.1, 0.15) is 19.3 Å². The molecular weight excluding hydrogens is 192 g/mol. The molecular formula is C7H11BrN2. The fraction of sp³-hybridized carbons (Fsp3) is 0.857. The molecule has 10 heavy (non-hydrogen) atoms. The molecule has 0 spiro atoms. The van der Waals surface area contributed by atoms with Crippen molar-refractivity contribution in [2.45, 2.75) is 24.2 Å². The summed E-state index contributed by atoms with van der Waals surface area (Å²) in [4.78, 5) is 2.62. The number of nitriles is 1.